The van der Waals surface area contributed by atoms with Gasteiger partial charge in [-0.05, 0) is 12.2 Å². The first kappa shape index (κ1) is 13.6. The number of carbonyl (C=O) groups is 3. The summed E-state index contributed by atoms with van der Waals surface area (Å²) < 4.78 is 4.74. The van der Waals surface area contributed by atoms with Crippen LogP contribution in [0.25, 0.3) is 0 Å². The van der Waals surface area contributed by atoms with Gasteiger partial charge in [-0.1, -0.05) is 0 Å². The van der Waals surface area contributed by atoms with Crippen LogP contribution in [0.1, 0.15) is 19.8 Å². The van der Waals surface area contributed by atoms with Gasteiger partial charge in [0.25, 0.3) is 0 Å². The van der Waals surface area contributed by atoms with Crippen LogP contribution in [0.15, 0.2) is 23.3 Å². The quantitative estimate of drug-likeness (QED) is 0.513. The van der Waals surface area contributed by atoms with Crippen molar-refractivity contribution in [1.29, 1.82) is 0 Å². The van der Waals surface area contributed by atoms with Crippen molar-refractivity contribution in [2.45, 2.75) is 31.5 Å². The molecule has 0 fully saturated rings. The fourth-order valence-electron chi connectivity index (χ4n) is 2.38. The number of carbonyl (C=O) groups excluding carboxylic acids is 3. The first-order valence-corrected chi connectivity index (χ1v) is 5.86. The second-order valence-corrected chi connectivity index (χ2v) is 4.86. The van der Waals surface area contributed by atoms with E-state index in [1.807, 2.05) is 0 Å². The molecule has 2 aliphatic rings. The highest BCUT2D eigenvalue weighted by atomic mass is 16.5. The molecule has 0 aromatic carbocycles. The van der Waals surface area contributed by atoms with Gasteiger partial charge in [0.05, 0.1) is 6.10 Å². The van der Waals surface area contributed by atoms with Crippen LogP contribution >= 0.6 is 0 Å². The van der Waals surface area contributed by atoms with Crippen LogP contribution in [0.3, 0.4) is 0 Å². The molecule has 0 saturated heterocycles. The Labute approximate surface area is 109 Å². The van der Waals surface area contributed by atoms with E-state index in [0.717, 1.165) is 12.2 Å². The van der Waals surface area contributed by atoms with Crippen molar-refractivity contribution in [3.63, 3.8) is 0 Å². The molecule has 6 heteroatoms. The van der Waals surface area contributed by atoms with Crippen molar-refractivity contribution >= 4 is 17.5 Å². The summed E-state index contributed by atoms with van der Waals surface area (Å²) in [6.07, 6.45) is 0.741. The van der Waals surface area contributed by atoms with E-state index in [1.54, 1.807) is 0 Å². The molecule has 0 spiro atoms. The normalized spacial score (nSPS) is 30.4. The predicted octanol–water partition coefficient (Wildman–Crippen LogP) is -0.560. The summed E-state index contributed by atoms with van der Waals surface area (Å²) in [5.41, 5.74) is -1.38. The van der Waals surface area contributed by atoms with Crippen molar-refractivity contribution in [2.75, 3.05) is 6.61 Å². The zero-order chi connectivity index (χ0) is 14.2. The Morgan fingerprint density at radius 2 is 2.05 bits per heavy atom. The van der Waals surface area contributed by atoms with Gasteiger partial charge in [-0.3, -0.25) is 14.4 Å². The van der Waals surface area contributed by atoms with Gasteiger partial charge in [0.1, 0.15) is 12.2 Å². The fourth-order valence-corrected chi connectivity index (χ4v) is 2.38. The summed E-state index contributed by atoms with van der Waals surface area (Å²) in [5.74, 6) is -1.39. The number of esters is 1. The molecule has 2 unspecified atom stereocenters. The van der Waals surface area contributed by atoms with E-state index >= 15 is 0 Å². The third-order valence-corrected chi connectivity index (χ3v) is 3.23. The molecule has 2 N–H and O–H groups in total. The molecule has 6 nitrogen and oxygen atoms in total. The molecule has 0 bridgehead atoms. The highest BCUT2D eigenvalue weighted by Gasteiger charge is 2.43. The Morgan fingerprint density at radius 3 is 2.68 bits per heavy atom. The Bertz CT molecular complexity index is 515. The number of ketones is 2. The maximum absolute atomic E-state index is 11.7. The second-order valence-electron chi connectivity index (χ2n) is 4.86. The van der Waals surface area contributed by atoms with Gasteiger partial charge in [-0.15, -0.1) is 0 Å². The summed E-state index contributed by atoms with van der Waals surface area (Å²) in [6, 6.07) is 0. The van der Waals surface area contributed by atoms with Crippen molar-refractivity contribution in [3.05, 3.63) is 23.3 Å². The van der Waals surface area contributed by atoms with E-state index < -0.39 is 29.2 Å². The number of rotatable bonds is 2. The lowest BCUT2D eigenvalue weighted by Crippen LogP contribution is -2.46. The second kappa shape index (κ2) is 4.71. The summed E-state index contributed by atoms with van der Waals surface area (Å²) >= 11 is 0. The number of ether oxygens (including phenoxy) is 1. The van der Waals surface area contributed by atoms with E-state index in [0.29, 0.717) is 0 Å². The Kier molecular flexibility index (Phi) is 3.38. The molecule has 102 valence electrons. The zero-order valence-electron chi connectivity index (χ0n) is 10.4. The average molecular weight is 266 g/mol. The summed E-state index contributed by atoms with van der Waals surface area (Å²) in [4.78, 5) is 34.1. The molecule has 2 atom stereocenters. The number of aliphatic hydroxyl groups excluding tert-OH is 1. The molecular formula is C13H14O6. The standard InChI is InChI=1S/C13H14O6/c1-7(14)19-6-13(18)4-8-9(15)2-3-10(16)12(8)11(17)5-13/h2-3,11,17-18H,4-6H2,1H3. The van der Waals surface area contributed by atoms with Crippen LogP contribution in [0.2, 0.25) is 0 Å². The molecule has 2 rings (SSSR count). The smallest absolute Gasteiger partial charge is 0.302 e. The Morgan fingerprint density at radius 1 is 1.42 bits per heavy atom. The largest absolute Gasteiger partial charge is 0.463 e. The van der Waals surface area contributed by atoms with Crippen LogP contribution in [0.4, 0.5) is 0 Å². The minimum atomic E-state index is -1.52. The van der Waals surface area contributed by atoms with Crippen molar-refractivity contribution in [1.82, 2.24) is 0 Å². The minimum Gasteiger partial charge on any atom is -0.463 e. The molecule has 2 aliphatic carbocycles. The number of aliphatic hydroxyl groups is 2. The van der Waals surface area contributed by atoms with Gasteiger partial charge < -0.3 is 14.9 Å². The molecule has 0 aromatic rings. The molecule has 0 aliphatic heterocycles. The van der Waals surface area contributed by atoms with E-state index in [1.165, 1.54) is 6.92 Å². The van der Waals surface area contributed by atoms with Crippen LogP contribution in [0, 0.1) is 0 Å². The van der Waals surface area contributed by atoms with E-state index in [9.17, 15) is 24.6 Å². The van der Waals surface area contributed by atoms with Crippen LogP contribution in [0.5, 0.6) is 0 Å². The number of hydrogen-bond acceptors (Lipinski definition) is 6. The maximum atomic E-state index is 11.7. The lowest BCUT2D eigenvalue weighted by molar-refractivity contribution is -0.151. The fraction of sp³-hybridized carbons (Fsp3) is 0.462. The third kappa shape index (κ3) is 2.64. The van der Waals surface area contributed by atoms with E-state index in [-0.39, 0.29) is 30.6 Å². The van der Waals surface area contributed by atoms with Gasteiger partial charge in [0.15, 0.2) is 11.6 Å². The number of allylic oxidation sites excluding steroid dienone is 2. The molecule has 0 aromatic heterocycles. The van der Waals surface area contributed by atoms with Gasteiger partial charge in [-0.25, -0.2) is 0 Å². The van der Waals surface area contributed by atoms with E-state index in [2.05, 4.69) is 0 Å². The SMILES string of the molecule is CC(=O)OCC1(O)CC2=C(C(=O)C=CC2=O)C(O)C1. The molecular weight excluding hydrogens is 252 g/mol. The molecule has 0 amide bonds. The van der Waals surface area contributed by atoms with Crippen molar-refractivity contribution in [3.8, 4) is 0 Å². The topological polar surface area (TPSA) is 101 Å². The minimum absolute atomic E-state index is 0.0417. The summed E-state index contributed by atoms with van der Waals surface area (Å²) in [7, 11) is 0. The van der Waals surface area contributed by atoms with Crippen molar-refractivity contribution in [2.24, 2.45) is 0 Å². The lowest BCUT2D eigenvalue weighted by atomic mass is 9.74. The first-order chi connectivity index (χ1) is 8.82. The molecule has 0 saturated carbocycles. The highest BCUT2D eigenvalue weighted by Crippen LogP contribution is 2.36. The summed E-state index contributed by atoms with van der Waals surface area (Å²) in [5, 5.41) is 20.2. The van der Waals surface area contributed by atoms with Crippen molar-refractivity contribution < 1.29 is 29.3 Å². The summed E-state index contributed by atoms with van der Waals surface area (Å²) in [6.45, 7) is 0.882. The monoisotopic (exact) mass is 266 g/mol. The van der Waals surface area contributed by atoms with Gasteiger partial charge >= 0.3 is 5.97 Å². The average Bonchev–Trinajstić information content (AvgIpc) is 2.31. The Hall–Kier alpha value is -1.79. The molecule has 0 radical (unpaired) electrons. The van der Waals surface area contributed by atoms with E-state index in [4.69, 9.17) is 4.74 Å². The predicted molar refractivity (Wildman–Crippen MR) is 63.0 cm³/mol. The van der Waals surface area contributed by atoms with Crippen LogP contribution in [-0.2, 0) is 19.1 Å². The molecule has 0 heterocycles. The van der Waals surface area contributed by atoms with Gasteiger partial charge in [-0.2, -0.15) is 0 Å². The maximum Gasteiger partial charge on any atom is 0.302 e. The van der Waals surface area contributed by atoms with Crippen LogP contribution in [-0.4, -0.2) is 46.1 Å². The third-order valence-electron chi connectivity index (χ3n) is 3.23. The van der Waals surface area contributed by atoms with Crippen LogP contribution < -0.4 is 0 Å². The number of hydrogen-bond donors (Lipinski definition) is 2. The van der Waals surface area contributed by atoms with Gasteiger partial charge in [0.2, 0.25) is 0 Å². The first-order valence-electron chi connectivity index (χ1n) is 5.86. The van der Waals surface area contributed by atoms with Gasteiger partial charge in [0, 0.05) is 30.9 Å². The zero-order valence-corrected chi connectivity index (χ0v) is 10.4. The Balaban J connectivity index is 2.27. The lowest BCUT2D eigenvalue weighted by Gasteiger charge is -2.36. The molecule has 19 heavy (non-hydrogen) atoms. The highest BCUT2D eigenvalue weighted by molar-refractivity contribution is 6.20.